The van der Waals surface area contributed by atoms with Crippen molar-refractivity contribution in [3.63, 3.8) is 0 Å². The fourth-order valence-electron chi connectivity index (χ4n) is 3.67. The van der Waals surface area contributed by atoms with Gasteiger partial charge in [-0.3, -0.25) is 0 Å². The third kappa shape index (κ3) is 5.80. The maximum Gasteiger partial charge on any atom is 0.243 e. The van der Waals surface area contributed by atoms with Crippen LogP contribution >= 0.6 is 0 Å². The average molecular weight is 483 g/mol. The highest BCUT2D eigenvalue weighted by atomic mass is 32.2. The molecule has 1 heterocycles. The van der Waals surface area contributed by atoms with E-state index >= 15 is 0 Å². The van der Waals surface area contributed by atoms with Crippen molar-refractivity contribution in [2.24, 2.45) is 0 Å². The Kier molecular flexibility index (Phi) is 8.16. The molecular formula is C22H30N2O6S2. The van der Waals surface area contributed by atoms with E-state index < -0.39 is 20.0 Å². The number of hydrogen-bond acceptors (Lipinski definition) is 6. The monoisotopic (exact) mass is 482 g/mol. The molecule has 0 bridgehead atoms. The fourth-order valence-corrected chi connectivity index (χ4v) is 6.22. The van der Waals surface area contributed by atoms with Gasteiger partial charge in [-0.25, -0.2) is 21.6 Å². The molecule has 1 aliphatic heterocycles. The summed E-state index contributed by atoms with van der Waals surface area (Å²) in [7, 11) is -4.29. The predicted molar refractivity (Wildman–Crippen MR) is 122 cm³/mol. The highest BCUT2D eigenvalue weighted by Crippen LogP contribution is 2.27. The Bertz CT molecular complexity index is 1110. The summed E-state index contributed by atoms with van der Waals surface area (Å²) in [5, 5.41) is 0. The SMILES string of the molecule is COc1ccc(CCNS(=O)(=O)c2ccc(S(=O)(=O)N3CCCCCC3)cc2)cc1OC. The Balaban J connectivity index is 1.64. The largest absolute Gasteiger partial charge is 0.493 e. The van der Waals surface area contributed by atoms with E-state index in [4.69, 9.17) is 9.47 Å². The van der Waals surface area contributed by atoms with Gasteiger partial charge in [-0.1, -0.05) is 18.9 Å². The van der Waals surface area contributed by atoms with Crippen LogP contribution in [0, 0.1) is 0 Å². The molecule has 0 spiro atoms. The van der Waals surface area contributed by atoms with Gasteiger partial charge >= 0.3 is 0 Å². The van der Waals surface area contributed by atoms with Crippen molar-refractivity contribution in [3.05, 3.63) is 48.0 Å². The second kappa shape index (κ2) is 10.7. The van der Waals surface area contributed by atoms with Crippen LogP contribution in [-0.2, 0) is 26.5 Å². The summed E-state index contributed by atoms with van der Waals surface area (Å²) in [5.41, 5.74) is 0.893. The maximum absolute atomic E-state index is 12.9. The maximum atomic E-state index is 12.9. The van der Waals surface area contributed by atoms with Crippen LogP contribution in [0.25, 0.3) is 0 Å². The predicted octanol–water partition coefficient (Wildman–Crippen LogP) is 2.79. The molecular weight excluding hydrogens is 452 g/mol. The molecule has 1 N–H and O–H groups in total. The minimum absolute atomic E-state index is 0.0274. The Labute approximate surface area is 190 Å². The van der Waals surface area contributed by atoms with E-state index in [-0.39, 0.29) is 16.3 Å². The summed E-state index contributed by atoms with van der Waals surface area (Å²) >= 11 is 0. The van der Waals surface area contributed by atoms with E-state index in [1.54, 1.807) is 26.4 Å². The molecule has 0 unspecified atom stereocenters. The lowest BCUT2D eigenvalue weighted by atomic mass is 10.1. The van der Waals surface area contributed by atoms with Gasteiger partial charge in [-0.15, -0.1) is 0 Å². The molecule has 1 saturated heterocycles. The first-order valence-electron chi connectivity index (χ1n) is 10.6. The number of nitrogens with one attached hydrogen (secondary N) is 1. The quantitative estimate of drug-likeness (QED) is 0.590. The van der Waals surface area contributed by atoms with Crippen molar-refractivity contribution in [3.8, 4) is 11.5 Å². The van der Waals surface area contributed by atoms with Crippen molar-refractivity contribution in [2.75, 3.05) is 33.9 Å². The van der Waals surface area contributed by atoms with Crippen LogP contribution < -0.4 is 14.2 Å². The van der Waals surface area contributed by atoms with E-state index in [1.165, 1.54) is 28.6 Å². The molecule has 176 valence electrons. The first-order valence-corrected chi connectivity index (χ1v) is 13.5. The van der Waals surface area contributed by atoms with Crippen molar-refractivity contribution in [2.45, 2.75) is 41.9 Å². The molecule has 8 nitrogen and oxygen atoms in total. The molecule has 1 aliphatic rings. The highest BCUT2D eigenvalue weighted by molar-refractivity contribution is 7.89. The molecule has 3 rings (SSSR count). The minimum atomic E-state index is -3.77. The van der Waals surface area contributed by atoms with Gasteiger partial charge in [0.15, 0.2) is 11.5 Å². The summed E-state index contributed by atoms with van der Waals surface area (Å²) in [4.78, 5) is 0.142. The standard InChI is InChI=1S/C22H30N2O6S2/c1-29-21-12-7-18(17-22(21)30-2)13-14-23-31(25,26)19-8-10-20(11-9-19)32(27,28)24-15-5-3-4-6-16-24/h7-12,17,23H,3-6,13-16H2,1-2H3. The van der Waals surface area contributed by atoms with Crippen LogP contribution in [0.15, 0.2) is 52.3 Å². The van der Waals surface area contributed by atoms with Gasteiger partial charge in [-0.2, -0.15) is 4.31 Å². The van der Waals surface area contributed by atoms with Crippen LogP contribution in [0.3, 0.4) is 0 Å². The number of methoxy groups -OCH3 is 2. The number of rotatable bonds is 9. The molecule has 0 saturated carbocycles. The number of nitrogens with zero attached hydrogens (tertiary/aromatic N) is 1. The smallest absolute Gasteiger partial charge is 0.243 e. The Morgan fingerprint density at radius 3 is 2.00 bits per heavy atom. The van der Waals surface area contributed by atoms with Gasteiger partial charge in [0.25, 0.3) is 0 Å². The van der Waals surface area contributed by atoms with E-state index in [2.05, 4.69) is 4.72 Å². The second-order valence-electron chi connectivity index (χ2n) is 7.63. The normalized spacial score (nSPS) is 15.8. The van der Waals surface area contributed by atoms with E-state index in [9.17, 15) is 16.8 Å². The van der Waals surface area contributed by atoms with Gasteiger partial charge in [0.05, 0.1) is 24.0 Å². The molecule has 2 aromatic carbocycles. The van der Waals surface area contributed by atoms with E-state index in [0.717, 1.165) is 31.2 Å². The Morgan fingerprint density at radius 1 is 0.812 bits per heavy atom. The topological polar surface area (TPSA) is 102 Å². The lowest BCUT2D eigenvalue weighted by Crippen LogP contribution is -2.32. The molecule has 0 aliphatic carbocycles. The van der Waals surface area contributed by atoms with Crippen LogP contribution in [0.2, 0.25) is 0 Å². The molecule has 2 aromatic rings. The molecule has 0 aromatic heterocycles. The van der Waals surface area contributed by atoms with Gasteiger partial charge in [0, 0.05) is 19.6 Å². The number of hydrogen-bond donors (Lipinski definition) is 1. The molecule has 0 amide bonds. The molecule has 10 heteroatoms. The van der Waals surface area contributed by atoms with Crippen molar-refractivity contribution in [1.29, 1.82) is 0 Å². The average Bonchev–Trinajstić information content (AvgIpc) is 3.09. The lowest BCUT2D eigenvalue weighted by Gasteiger charge is -2.20. The molecule has 32 heavy (non-hydrogen) atoms. The minimum Gasteiger partial charge on any atom is -0.493 e. The van der Waals surface area contributed by atoms with E-state index in [0.29, 0.717) is 31.0 Å². The van der Waals surface area contributed by atoms with Gasteiger partial charge in [-0.05, 0) is 61.2 Å². The first kappa shape index (κ1) is 24.5. The van der Waals surface area contributed by atoms with Gasteiger partial charge in [0.2, 0.25) is 20.0 Å². The second-order valence-corrected chi connectivity index (χ2v) is 11.3. The summed E-state index contributed by atoms with van der Waals surface area (Å²) in [6, 6.07) is 10.8. The molecule has 0 radical (unpaired) electrons. The van der Waals surface area contributed by atoms with Crippen molar-refractivity contribution in [1.82, 2.24) is 9.03 Å². The van der Waals surface area contributed by atoms with Crippen LogP contribution in [0.1, 0.15) is 31.2 Å². The lowest BCUT2D eigenvalue weighted by molar-refractivity contribution is 0.354. The van der Waals surface area contributed by atoms with Gasteiger partial charge < -0.3 is 9.47 Å². The van der Waals surface area contributed by atoms with Gasteiger partial charge in [0.1, 0.15) is 0 Å². The zero-order valence-electron chi connectivity index (χ0n) is 18.4. The zero-order valence-corrected chi connectivity index (χ0v) is 20.0. The third-order valence-electron chi connectivity index (χ3n) is 5.49. The number of sulfonamides is 2. The molecule has 1 fully saturated rings. The van der Waals surface area contributed by atoms with E-state index in [1.807, 2.05) is 6.07 Å². The summed E-state index contributed by atoms with van der Waals surface area (Å²) in [5.74, 6) is 1.18. The first-order chi connectivity index (χ1) is 15.3. The van der Waals surface area contributed by atoms with Crippen molar-refractivity contribution < 1.29 is 26.3 Å². The van der Waals surface area contributed by atoms with Crippen LogP contribution in [0.4, 0.5) is 0 Å². The Hall–Kier alpha value is -2.14. The number of ether oxygens (including phenoxy) is 2. The fraction of sp³-hybridized carbons (Fsp3) is 0.455. The highest BCUT2D eigenvalue weighted by Gasteiger charge is 2.25. The third-order valence-corrected chi connectivity index (χ3v) is 8.88. The number of benzene rings is 2. The zero-order chi connectivity index (χ0) is 23.2. The molecule has 0 atom stereocenters. The van der Waals surface area contributed by atoms with Crippen LogP contribution in [0.5, 0.6) is 11.5 Å². The summed E-state index contributed by atoms with van der Waals surface area (Å²) in [6.45, 7) is 1.19. The summed E-state index contributed by atoms with van der Waals surface area (Å²) < 4.78 is 65.5. The summed E-state index contributed by atoms with van der Waals surface area (Å²) in [6.07, 6.45) is 4.20. The Morgan fingerprint density at radius 2 is 1.41 bits per heavy atom. The van der Waals surface area contributed by atoms with Crippen molar-refractivity contribution >= 4 is 20.0 Å². The van der Waals surface area contributed by atoms with Crippen LogP contribution in [-0.4, -0.2) is 55.0 Å².